The summed E-state index contributed by atoms with van der Waals surface area (Å²) in [5.41, 5.74) is 0.257. The van der Waals surface area contributed by atoms with Crippen LogP contribution in [0.3, 0.4) is 0 Å². The van der Waals surface area contributed by atoms with E-state index in [1.165, 1.54) is 12.1 Å². The highest BCUT2D eigenvalue weighted by Crippen LogP contribution is 2.19. The van der Waals surface area contributed by atoms with Gasteiger partial charge in [-0.2, -0.15) is 0 Å². The summed E-state index contributed by atoms with van der Waals surface area (Å²) in [5, 5.41) is 19.9. The Labute approximate surface area is 129 Å². The van der Waals surface area contributed by atoms with Gasteiger partial charge >= 0.3 is 0 Å². The highest BCUT2D eigenvalue weighted by molar-refractivity contribution is 5.34. The van der Waals surface area contributed by atoms with E-state index in [0.29, 0.717) is 12.1 Å². The fourth-order valence-electron chi connectivity index (χ4n) is 2.81. The number of aliphatic hydroxyl groups excluding tert-OH is 1. The van der Waals surface area contributed by atoms with Gasteiger partial charge in [0.2, 0.25) is 0 Å². The van der Waals surface area contributed by atoms with Gasteiger partial charge in [0, 0.05) is 50.4 Å². The zero-order valence-electron chi connectivity index (χ0n) is 12.7. The molecule has 0 saturated carbocycles. The van der Waals surface area contributed by atoms with Gasteiger partial charge < -0.3 is 5.11 Å². The summed E-state index contributed by atoms with van der Waals surface area (Å²) in [6, 6.07) is 4.00. The Kier molecular flexibility index (Phi) is 5.82. The summed E-state index contributed by atoms with van der Waals surface area (Å²) in [7, 11) is 0. The van der Waals surface area contributed by atoms with Crippen LogP contribution in [0.25, 0.3) is 0 Å². The first kappa shape index (κ1) is 16.8. The number of nitrogens with zero attached hydrogens (tertiary/aromatic N) is 3. The monoisotopic (exact) mass is 311 g/mol. The molecular weight excluding hydrogens is 289 g/mol. The van der Waals surface area contributed by atoms with Gasteiger partial charge in [-0.15, -0.1) is 0 Å². The van der Waals surface area contributed by atoms with Gasteiger partial charge in [0.05, 0.1) is 17.6 Å². The number of aliphatic hydroxyl groups is 1. The third-order valence-electron chi connectivity index (χ3n) is 4.25. The summed E-state index contributed by atoms with van der Waals surface area (Å²) in [6.45, 7) is 5.95. The predicted octanol–water partition coefficient (Wildman–Crippen LogP) is 1.62. The largest absolute Gasteiger partial charge is 0.395 e. The van der Waals surface area contributed by atoms with E-state index in [9.17, 15) is 19.6 Å². The lowest BCUT2D eigenvalue weighted by molar-refractivity contribution is -0.385. The van der Waals surface area contributed by atoms with Crippen LogP contribution in [0.4, 0.5) is 10.1 Å². The van der Waals surface area contributed by atoms with Crippen LogP contribution in [0.15, 0.2) is 18.2 Å². The number of halogens is 1. The molecule has 1 aromatic rings. The molecule has 22 heavy (non-hydrogen) atoms. The number of benzene rings is 1. The normalized spacial score (nSPS) is 18.3. The molecule has 0 amide bonds. The molecule has 1 heterocycles. The molecule has 0 aliphatic carbocycles. The van der Waals surface area contributed by atoms with Crippen LogP contribution >= 0.6 is 0 Å². The molecule has 0 bridgehead atoms. The molecule has 1 fully saturated rings. The molecule has 122 valence electrons. The lowest BCUT2D eigenvalue weighted by atomic mass is 10.1. The maximum atomic E-state index is 13.9. The van der Waals surface area contributed by atoms with Crippen LogP contribution in [-0.2, 0) is 6.54 Å². The fourth-order valence-corrected chi connectivity index (χ4v) is 2.81. The van der Waals surface area contributed by atoms with Crippen molar-refractivity contribution in [3.05, 3.63) is 39.7 Å². The Balaban J connectivity index is 1.92. The van der Waals surface area contributed by atoms with Crippen molar-refractivity contribution in [3.8, 4) is 0 Å². The Hall–Kier alpha value is -1.57. The molecular formula is C15H22FN3O3. The van der Waals surface area contributed by atoms with Crippen LogP contribution in [-0.4, -0.2) is 58.7 Å². The molecule has 1 atom stereocenters. The van der Waals surface area contributed by atoms with E-state index in [2.05, 4.69) is 16.7 Å². The van der Waals surface area contributed by atoms with Crippen LogP contribution in [0.2, 0.25) is 0 Å². The highest BCUT2D eigenvalue weighted by atomic mass is 19.1. The molecule has 1 aliphatic heterocycles. The van der Waals surface area contributed by atoms with Crippen molar-refractivity contribution in [1.82, 2.24) is 9.80 Å². The SMILES string of the molecule is CCC(CO)N1CCN(Cc2ccc([N+](=O)[O-])cc2F)CC1. The van der Waals surface area contributed by atoms with Gasteiger partial charge in [-0.25, -0.2) is 4.39 Å². The minimum Gasteiger partial charge on any atom is -0.395 e. The smallest absolute Gasteiger partial charge is 0.272 e. The molecule has 1 aromatic carbocycles. The first-order valence-corrected chi connectivity index (χ1v) is 7.55. The van der Waals surface area contributed by atoms with Gasteiger partial charge in [0.15, 0.2) is 0 Å². The standard InChI is InChI=1S/C15H22FN3O3/c1-2-13(11-20)18-7-5-17(6-8-18)10-12-3-4-14(19(21)22)9-15(12)16/h3-4,9,13,20H,2,5-8,10-11H2,1H3. The topological polar surface area (TPSA) is 69.8 Å². The summed E-state index contributed by atoms with van der Waals surface area (Å²) < 4.78 is 13.9. The predicted molar refractivity (Wildman–Crippen MR) is 81.1 cm³/mol. The van der Waals surface area contributed by atoms with Crippen molar-refractivity contribution < 1.29 is 14.4 Å². The fraction of sp³-hybridized carbons (Fsp3) is 0.600. The Bertz CT molecular complexity index is 515. The molecule has 1 unspecified atom stereocenters. The number of hydrogen-bond donors (Lipinski definition) is 1. The van der Waals surface area contributed by atoms with Crippen molar-refractivity contribution in [2.45, 2.75) is 25.9 Å². The van der Waals surface area contributed by atoms with Gasteiger partial charge in [0.25, 0.3) is 5.69 Å². The molecule has 7 heteroatoms. The number of rotatable bonds is 6. The third-order valence-corrected chi connectivity index (χ3v) is 4.25. The maximum absolute atomic E-state index is 13.9. The summed E-state index contributed by atoms with van der Waals surface area (Å²) in [5.74, 6) is -0.529. The van der Waals surface area contributed by atoms with E-state index in [0.717, 1.165) is 38.7 Å². The van der Waals surface area contributed by atoms with E-state index in [1.807, 2.05) is 0 Å². The van der Waals surface area contributed by atoms with Crippen molar-refractivity contribution in [2.75, 3.05) is 32.8 Å². The maximum Gasteiger partial charge on any atom is 0.272 e. The van der Waals surface area contributed by atoms with Crippen LogP contribution in [0.1, 0.15) is 18.9 Å². The summed E-state index contributed by atoms with van der Waals surface area (Å²) in [4.78, 5) is 14.4. The molecule has 1 N–H and O–H groups in total. The molecule has 2 rings (SSSR count). The van der Waals surface area contributed by atoms with Gasteiger partial charge in [-0.1, -0.05) is 6.92 Å². The minimum absolute atomic E-state index is 0.160. The van der Waals surface area contributed by atoms with Crippen molar-refractivity contribution in [3.63, 3.8) is 0 Å². The number of nitro benzene ring substituents is 1. The number of hydrogen-bond acceptors (Lipinski definition) is 5. The van der Waals surface area contributed by atoms with E-state index < -0.39 is 10.7 Å². The van der Waals surface area contributed by atoms with Crippen LogP contribution in [0, 0.1) is 15.9 Å². The van der Waals surface area contributed by atoms with Gasteiger partial charge in [0.1, 0.15) is 5.82 Å². The lowest BCUT2D eigenvalue weighted by Gasteiger charge is -2.38. The second kappa shape index (κ2) is 7.62. The second-order valence-corrected chi connectivity index (χ2v) is 5.59. The number of non-ortho nitro benzene ring substituents is 1. The first-order valence-electron chi connectivity index (χ1n) is 7.55. The Morgan fingerprint density at radius 3 is 2.55 bits per heavy atom. The number of nitro groups is 1. The zero-order chi connectivity index (χ0) is 16.1. The molecule has 0 spiro atoms. The average molecular weight is 311 g/mol. The highest BCUT2D eigenvalue weighted by Gasteiger charge is 2.23. The molecule has 0 radical (unpaired) electrons. The Morgan fingerprint density at radius 2 is 2.05 bits per heavy atom. The summed E-state index contributed by atoms with van der Waals surface area (Å²) in [6.07, 6.45) is 0.910. The van der Waals surface area contributed by atoms with Crippen LogP contribution < -0.4 is 0 Å². The zero-order valence-corrected chi connectivity index (χ0v) is 12.7. The van der Waals surface area contributed by atoms with Crippen molar-refractivity contribution >= 4 is 5.69 Å². The molecule has 1 saturated heterocycles. The van der Waals surface area contributed by atoms with E-state index in [1.54, 1.807) is 0 Å². The molecule has 0 aromatic heterocycles. The molecule has 1 aliphatic rings. The van der Waals surface area contributed by atoms with E-state index in [-0.39, 0.29) is 18.3 Å². The van der Waals surface area contributed by atoms with Crippen molar-refractivity contribution in [1.29, 1.82) is 0 Å². The minimum atomic E-state index is -0.592. The Morgan fingerprint density at radius 1 is 1.36 bits per heavy atom. The second-order valence-electron chi connectivity index (χ2n) is 5.59. The first-order chi connectivity index (χ1) is 10.5. The van der Waals surface area contributed by atoms with Gasteiger partial charge in [-0.3, -0.25) is 19.9 Å². The quantitative estimate of drug-likeness (QED) is 0.638. The average Bonchev–Trinajstić information content (AvgIpc) is 2.52. The van der Waals surface area contributed by atoms with Crippen LogP contribution in [0.5, 0.6) is 0 Å². The molecule has 6 nitrogen and oxygen atoms in total. The summed E-state index contributed by atoms with van der Waals surface area (Å²) >= 11 is 0. The lowest BCUT2D eigenvalue weighted by Crippen LogP contribution is -2.50. The van der Waals surface area contributed by atoms with Gasteiger partial charge in [-0.05, 0) is 12.5 Å². The third kappa shape index (κ3) is 4.00. The van der Waals surface area contributed by atoms with E-state index in [4.69, 9.17) is 0 Å². The number of piperazine rings is 1. The van der Waals surface area contributed by atoms with Crippen molar-refractivity contribution in [2.24, 2.45) is 0 Å². The van der Waals surface area contributed by atoms with E-state index >= 15 is 0 Å².